The van der Waals surface area contributed by atoms with Gasteiger partial charge in [0.1, 0.15) is 18.1 Å². The summed E-state index contributed by atoms with van der Waals surface area (Å²) in [6, 6.07) is 25.6. The molecule has 0 bridgehead atoms. The van der Waals surface area contributed by atoms with Crippen LogP contribution in [0.5, 0.6) is 11.5 Å². The van der Waals surface area contributed by atoms with Gasteiger partial charge in [-0.2, -0.15) is 0 Å². The minimum atomic E-state index is -1.28. The fraction of sp³-hybridized carbons (Fsp3) is 0.160. The van der Waals surface area contributed by atoms with E-state index in [4.69, 9.17) is 14.6 Å². The largest absolute Gasteiger partial charge is 0.490 e. The number of rotatable bonds is 8. The molecule has 29 heavy (non-hydrogen) atoms. The predicted octanol–water partition coefficient (Wildman–Crippen LogP) is 5.69. The summed E-state index contributed by atoms with van der Waals surface area (Å²) in [6.45, 7) is 3.45. The molecule has 3 aromatic rings. The van der Waals surface area contributed by atoms with Crippen molar-refractivity contribution in [3.63, 3.8) is 0 Å². The first kappa shape index (κ1) is 20.2. The third-order valence-corrected chi connectivity index (χ3v) is 4.39. The number of ether oxygens (including phenoxy) is 2. The van der Waals surface area contributed by atoms with E-state index in [1.807, 2.05) is 30.4 Å². The molecule has 0 aliphatic heterocycles. The van der Waals surface area contributed by atoms with Crippen LogP contribution in [-0.4, -0.2) is 23.3 Å². The van der Waals surface area contributed by atoms with Crippen LogP contribution in [0.2, 0.25) is 0 Å². The van der Waals surface area contributed by atoms with Crippen molar-refractivity contribution >= 4 is 12.0 Å². The first-order valence-electron chi connectivity index (χ1n) is 9.41. The molecular weight excluding hydrogens is 364 g/mol. The molecular formula is C25H24O4. The number of carbonyl (C=O) groups is 1. The first-order chi connectivity index (χ1) is 13.9. The molecule has 3 rings (SSSR count). The molecule has 0 aliphatic rings. The Kier molecular flexibility index (Phi) is 6.35. The lowest BCUT2D eigenvalue weighted by molar-refractivity contribution is -0.152. The molecule has 0 radical (unpaired) electrons. The van der Waals surface area contributed by atoms with E-state index in [0.29, 0.717) is 18.1 Å². The van der Waals surface area contributed by atoms with Gasteiger partial charge >= 0.3 is 5.97 Å². The third kappa shape index (κ3) is 5.72. The maximum atomic E-state index is 11.1. The second-order valence-electron chi connectivity index (χ2n) is 7.09. The second-order valence-corrected chi connectivity index (χ2v) is 7.09. The van der Waals surface area contributed by atoms with Crippen LogP contribution >= 0.6 is 0 Å². The normalized spacial score (nSPS) is 11.4. The van der Waals surface area contributed by atoms with E-state index in [2.05, 4.69) is 36.4 Å². The predicted molar refractivity (Wildman–Crippen MR) is 115 cm³/mol. The van der Waals surface area contributed by atoms with Crippen LogP contribution in [0.25, 0.3) is 17.2 Å². The molecule has 0 aliphatic carbocycles. The molecule has 0 atom stereocenters. The molecule has 4 nitrogen and oxygen atoms in total. The average molecular weight is 388 g/mol. The van der Waals surface area contributed by atoms with E-state index < -0.39 is 11.6 Å². The van der Waals surface area contributed by atoms with Crippen molar-refractivity contribution < 1.29 is 19.4 Å². The molecule has 3 aromatic carbocycles. The van der Waals surface area contributed by atoms with E-state index in [1.165, 1.54) is 25.0 Å². The zero-order chi connectivity index (χ0) is 20.7. The van der Waals surface area contributed by atoms with Gasteiger partial charge < -0.3 is 14.6 Å². The van der Waals surface area contributed by atoms with Crippen LogP contribution in [0.1, 0.15) is 19.4 Å². The number of carboxylic acids is 1. The van der Waals surface area contributed by atoms with Gasteiger partial charge in [-0.15, -0.1) is 0 Å². The number of hydrogen-bond donors (Lipinski definition) is 1. The summed E-state index contributed by atoms with van der Waals surface area (Å²) >= 11 is 0. The Morgan fingerprint density at radius 1 is 0.862 bits per heavy atom. The van der Waals surface area contributed by atoms with Gasteiger partial charge in [0, 0.05) is 0 Å². The van der Waals surface area contributed by atoms with Crippen molar-refractivity contribution in [2.45, 2.75) is 19.4 Å². The highest BCUT2D eigenvalue weighted by Crippen LogP contribution is 2.22. The highest BCUT2D eigenvalue weighted by Gasteiger charge is 2.29. The lowest BCUT2D eigenvalue weighted by Gasteiger charge is -2.21. The van der Waals surface area contributed by atoms with Gasteiger partial charge in [-0.05, 0) is 60.9 Å². The monoisotopic (exact) mass is 388 g/mol. The van der Waals surface area contributed by atoms with Gasteiger partial charge in [0.25, 0.3) is 0 Å². The zero-order valence-corrected chi connectivity index (χ0v) is 16.5. The second kappa shape index (κ2) is 9.11. The van der Waals surface area contributed by atoms with Gasteiger partial charge in [-0.25, -0.2) is 4.79 Å². The molecule has 0 aromatic heterocycles. The van der Waals surface area contributed by atoms with Crippen LogP contribution in [0.15, 0.2) is 84.9 Å². The van der Waals surface area contributed by atoms with Crippen molar-refractivity contribution in [3.8, 4) is 22.6 Å². The maximum Gasteiger partial charge on any atom is 0.347 e. The molecule has 148 valence electrons. The van der Waals surface area contributed by atoms with E-state index in [-0.39, 0.29) is 0 Å². The van der Waals surface area contributed by atoms with E-state index in [1.54, 1.807) is 24.3 Å². The smallest absolute Gasteiger partial charge is 0.347 e. The fourth-order valence-electron chi connectivity index (χ4n) is 2.69. The summed E-state index contributed by atoms with van der Waals surface area (Å²) in [5.41, 5.74) is 2.21. The average Bonchev–Trinajstić information content (AvgIpc) is 2.73. The molecule has 0 heterocycles. The third-order valence-electron chi connectivity index (χ3n) is 4.39. The van der Waals surface area contributed by atoms with Crippen molar-refractivity contribution in [1.29, 1.82) is 0 Å². The van der Waals surface area contributed by atoms with Gasteiger partial charge in [-0.1, -0.05) is 60.7 Å². The van der Waals surface area contributed by atoms with E-state index >= 15 is 0 Å². The SMILES string of the molecule is CC(C)(Oc1ccc(OCC=Cc2ccc(-c3ccccc3)cc2)cc1)C(=O)O. The highest BCUT2D eigenvalue weighted by atomic mass is 16.5. The number of hydrogen-bond acceptors (Lipinski definition) is 3. The van der Waals surface area contributed by atoms with Gasteiger partial charge in [-0.3, -0.25) is 0 Å². The van der Waals surface area contributed by atoms with Crippen LogP contribution in [0.4, 0.5) is 0 Å². The molecule has 0 amide bonds. The molecule has 0 spiro atoms. The zero-order valence-electron chi connectivity index (χ0n) is 16.5. The van der Waals surface area contributed by atoms with Gasteiger partial charge in [0.05, 0.1) is 0 Å². The number of aliphatic carboxylic acids is 1. The maximum absolute atomic E-state index is 11.1. The quantitative estimate of drug-likeness (QED) is 0.539. The lowest BCUT2D eigenvalue weighted by atomic mass is 10.0. The fourth-order valence-corrected chi connectivity index (χ4v) is 2.69. The lowest BCUT2D eigenvalue weighted by Crippen LogP contribution is -2.37. The molecule has 0 unspecified atom stereocenters. The molecule has 0 saturated heterocycles. The Morgan fingerprint density at radius 2 is 1.45 bits per heavy atom. The summed E-state index contributed by atoms with van der Waals surface area (Å²) in [4.78, 5) is 11.1. The van der Waals surface area contributed by atoms with Crippen molar-refractivity contribution in [3.05, 3.63) is 90.5 Å². The van der Waals surface area contributed by atoms with Crippen LogP contribution < -0.4 is 9.47 Å². The van der Waals surface area contributed by atoms with E-state index in [0.717, 1.165) is 5.56 Å². The Bertz CT molecular complexity index is 956. The minimum Gasteiger partial charge on any atom is -0.490 e. The Balaban J connectivity index is 1.51. The van der Waals surface area contributed by atoms with E-state index in [9.17, 15) is 4.79 Å². The summed E-state index contributed by atoms with van der Waals surface area (Å²) in [5.74, 6) is 0.160. The Hall–Kier alpha value is -3.53. The van der Waals surface area contributed by atoms with Gasteiger partial charge in [0.15, 0.2) is 5.60 Å². The summed E-state index contributed by atoms with van der Waals surface area (Å²) in [6.07, 6.45) is 3.97. The number of benzene rings is 3. The van der Waals surface area contributed by atoms with Crippen molar-refractivity contribution in [2.75, 3.05) is 6.61 Å². The standard InChI is InChI=1S/C25H24O4/c1-25(2,24(26)27)29-23-16-14-22(15-17-23)28-18-6-7-19-10-12-21(13-11-19)20-8-4-3-5-9-20/h3-17H,18H2,1-2H3,(H,26,27). The minimum absolute atomic E-state index is 0.432. The Morgan fingerprint density at radius 3 is 2.07 bits per heavy atom. The number of carboxylic acid groups (broad SMARTS) is 1. The molecule has 4 heteroatoms. The summed E-state index contributed by atoms with van der Waals surface area (Å²) in [7, 11) is 0. The van der Waals surface area contributed by atoms with Gasteiger partial charge in [0.2, 0.25) is 0 Å². The molecule has 0 fully saturated rings. The summed E-state index contributed by atoms with van der Waals surface area (Å²) in [5, 5.41) is 9.11. The topological polar surface area (TPSA) is 55.8 Å². The highest BCUT2D eigenvalue weighted by molar-refractivity contribution is 5.76. The van der Waals surface area contributed by atoms with Crippen molar-refractivity contribution in [2.24, 2.45) is 0 Å². The van der Waals surface area contributed by atoms with Crippen LogP contribution in [0.3, 0.4) is 0 Å². The molecule has 0 saturated carbocycles. The van der Waals surface area contributed by atoms with Crippen LogP contribution in [-0.2, 0) is 4.79 Å². The van der Waals surface area contributed by atoms with Crippen LogP contribution in [0, 0.1) is 0 Å². The summed E-state index contributed by atoms with van der Waals surface area (Å²) < 4.78 is 11.2. The molecule has 1 N–H and O–H groups in total. The van der Waals surface area contributed by atoms with Crippen molar-refractivity contribution in [1.82, 2.24) is 0 Å². The first-order valence-corrected chi connectivity index (χ1v) is 9.41. The Labute approximate surface area is 171 Å².